The molecule has 0 aromatic rings. The first-order valence-electron chi connectivity index (χ1n) is 5.85. The number of ether oxygens (including phenoxy) is 1. The van der Waals surface area contributed by atoms with Gasteiger partial charge in [-0.2, -0.15) is 0 Å². The number of allylic oxidation sites excluding steroid dienone is 1. The minimum absolute atomic E-state index is 0.0725. The first-order chi connectivity index (χ1) is 6.84. The van der Waals surface area contributed by atoms with Gasteiger partial charge in [0, 0.05) is 0 Å². The van der Waals surface area contributed by atoms with E-state index in [1.807, 2.05) is 0 Å². The van der Waals surface area contributed by atoms with Crippen molar-refractivity contribution in [2.75, 3.05) is 0 Å². The summed E-state index contributed by atoms with van der Waals surface area (Å²) >= 11 is 0. The Morgan fingerprint density at radius 3 is 2.50 bits per heavy atom. The van der Waals surface area contributed by atoms with Crippen LogP contribution in [0.25, 0.3) is 0 Å². The summed E-state index contributed by atoms with van der Waals surface area (Å²) in [5.41, 5.74) is 0. The van der Waals surface area contributed by atoms with Crippen LogP contribution in [0.5, 0.6) is 0 Å². The van der Waals surface area contributed by atoms with Crippen LogP contribution in [-0.4, -0.2) is 23.4 Å². The standard InChI is InChI=1S/C12H20O2/c13-10-6-8-12(9-7-10)14-11-4-2-1-3-5-11/h2,4,10-13H,1,3,5-9H2. The van der Waals surface area contributed by atoms with Gasteiger partial charge in [0.15, 0.2) is 0 Å². The lowest BCUT2D eigenvalue weighted by atomic mass is 9.94. The third-order valence-corrected chi connectivity index (χ3v) is 3.22. The van der Waals surface area contributed by atoms with E-state index in [1.165, 1.54) is 19.3 Å². The molecule has 0 heterocycles. The zero-order valence-corrected chi connectivity index (χ0v) is 8.69. The molecule has 2 nitrogen and oxygen atoms in total. The van der Waals surface area contributed by atoms with Gasteiger partial charge in [-0.25, -0.2) is 0 Å². The molecule has 14 heavy (non-hydrogen) atoms. The van der Waals surface area contributed by atoms with Crippen LogP contribution in [0.15, 0.2) is 12.2 Å². The summed E-state index contributed by atoms with van der Waals surface area (Å²) in [6.45, 7) is 0. The van der Waals surface area contributed by atoms with Crippen LogP contribution in [0.3, 0.4) is 0 Å². The molecule has 0 spiro atoms. The Morgan fingerprint density at radius 2 is 1.86 bits per heavy atom. The van der Waals surface area contributed by atoms with Crippen LogP contribution in [0.4, 0.5) is 0 Å². The van der Waals surface area contributed by atoms with E-state index in [0.717, 1.165) is 25.7 Å². The third-order valence-electron chi connectivity index (χ3n) is 3.22. The van der Waals surface area contributed by atoms with Crippen LogP contribution >= 0.6 is 0 Å². The Bertz CT molecular complexity index is 192. The number of hydrogen-bond acceptors (Lipinski definition) is 2. The molecule has 1 N–H and O–H groups in total. The van der Waals surface area contributed by atoms with Crippen molar-refractivity contribution in [1.82, 2.24) is 0 Å². The van der Waals surface area contributed by atoms with E-state index in [1.54, 1.807) is 0 Å². The van der Waals surface area contributed by atoms with Crippen molar-refractivity contribution in [1.29, 1.82) is 0 Å². The summed E-state index contributed by atoms with van der Waals surface area (Å²) in [5.74, 6) is 0. The van der Waals surface area contributed by atoms with Gasteiger partial charge in [0.2, 0.25) is 0 Å². The molecule has 0 bridgehead atoms. The normalized spacial score (nSPS) is 38.5. The molecule has 1 atom stereocenters. The highest BCUT2D eigenvalue weighted by Gasteiger charge is 2.22. The number of aliphatic hydroxyl groups is 1. The predicted molar refractivity (Wildman–Crippen MR) is 56.1 cm³/mol. The molecule has 0 aliphatic heterocycles. The molecule has 0 aromatic carbocycles. The predicted octanol–water partition coefficient (Wildman–Crippen LogP) is 2.42. The molecule has 2 heteroatoms. The van der Waals surface area contributed by atoms with Gasteiger partial charge < -0.3 is 9.84 Å². The van der Waals surface area contributed by atoms with Gasteiger partial charge in [-0.15, -0.1) is 0 Å². The van der Waals surface area contributed by atoms with Gasteiger partial charge in [-0.05, 0) is 44.9 Å². The Kier molecular flexibility index (Phi) is 3.60. The van der Waals surface area contributed by atoms with Crippen LogP contribution in [-0.2, 0) is 4.74 Å². The Hall–Kier alpha value is -0.340. The summed E-state index contributed by atoms with van der Waals surface area (Å²) in [7, 11) is 0. The van der Waals surface area contributed by atoms with Crippen molar-refractivity contribution in [2.45, 2.75) is 63.3 Å². The molecule has 0 aromatic heterocycles. The second-order valence-corrected chi connectivity index (χ2v) is 4.46. The Morgan fingerprint density at radius 1 is 1.07 bits per heavy atom. The SMILES string of the molecule is OC1CCC(OC2C=CCCC2)CC1. The van der Waals surface area contributed by atoms with Crippen molar-refractivity contribution >= 4 is 0 Å². The molecular weight excluding hydrogens is 176 g/mol. The number of hydrogen-bond donors (Lipinski definition) is 1. The van der Waals surface area contributed by atoms with Gasteiger partial charge in [0.25, 0.3) is 0 Å². The molecule has 1 unspecified atom stereocenters. The maximum absolute atomic E-state index is 9.36. The van der Waals surface area contributed by atoms with Crippen LogP contribution in [0, 0.1) is 0 Å². The van der Waals surface area contributed by atoms with Gasteiger partial charge in [0.1, 0.15) is 0 Å². The molecule has 2 rings (SSSR count). The van der Waals surface area contributed by atoms with Gasteiger partial charge in [-0.3, -0.25) is 0 Å². The maximum Gasteiger partial charge on any atom is 0.0759 e. The van der Waals surface area contributed by atoms with Crippen molar-refractivity contribution < 1.29 is 9.84 Å². The quantitative estimate of drug-likeness (QED) is 0.687. The second kappa shape index (κ2) is 4.94. The molecule has 0 radical (unpaired) electrons. The second-order valence-electron chi connectivity index (χ2n) is 4.46. The van der Waals surface area contributed by atoms with E-state index in [4.69, 9.17) is 4.74 Å². The minimum Gasteiger partial charge on any atom is -0.393 e. The van der Waals surface area contributed by atoms with Gasteiger partial charge >= 0.3 is 0 Å². The zero-order valence-electron chi connectivity index (χ0n) is 8.69. The van der Waals surface area contributed by atoms with E-state index >= 15 is 0 Å². The average Bonchev–Trinajstić information content (AvgIpc) is 2.23. The highest BCUT2D eigenvalue weighted by Crippen LogP contribution is 2.24. The fourth-order valence-electron chi connectivity index (χ4n) is 2.32. The minimum atomic E-state index is -0.0725. The molecule has 0 amide bonds. The fourth-order valence-corrected chi connectivity index (χ4v) is 2.32. The highest BCUT2D eigenvalue weighted by molar-refractivity contribution is 4.94. The monoisotopic (exact) mass is 196 g/mol. The number of rotatable bonds is 2. The summed E-state index contributed by atoms with van der Waals surface area (Å²) in [6.07, 6.45) is 12.7. The topological polar surface area (TPSA) is 29.5 Å². The lowest BCUT2D eigenvalue weighted by Gasteiger charge is -2.29. The van der Waals surface area contributed by atoms with Crippen LogP contribution < -0.4 is 0 Å². The van der Waals surface area contributed by atoms with Crippen molar-refractivity contribution in [3.63, 3.8) is 0 Å². The first-order valence-corrected chi connectivity index (χ1v) is 5.85. The fraction of sp³-hybridized carbons (Fsp3) is 0.833. The first kappa shape index (κ1) is 10.2. The molecular formula is C12H20O2. The van der Waals surface area contributed by atoms with E-state index in [0.29, 0.717) is 12.2 Å². The Balaban J connectivity index is 1.74. The third kappa shape index (κ3) is 2.82. The smallest absolute Gasteiger partial charge is 0.0759 e. The van der Waals surface area contributed by atoms with Crippen LogP contribution in [0.1, 0.15) is 44.9 Å². The molecule has 0 saturated heterocycles. The molecule has 2 aliphatic rings. The lowest BCUT2D eigenvalue weighted by Crippen LogP contribution is -2.28. The Labute approximate surface area is 86.0 Å². The largest absolute Gasteiger partial charge is 0.393 e. The van der Waals surface area contributed by atoms with E-state index in [9.17, 15) is 5.11 Å². The van der Waals surface area contributed by atoms with Crippen molar-refractivity contribution in [2.24, 2.45) is 0 Å². The van der Waals surface area contributed by atoms with Crippen LogP contribution in [0.2, 0.25) is 0 Å². The van der Waals surface area contributed by atoms with Gasteiger partial charge in [-0.1, -0.05) is 12.2 Å². The zero-order chi connectivity index (χ0) is 9.80. The summed E-state index contributed by atoms with van der Waals surface area (Å²) in [5, 5.41) is 9.36. The molecule has 1 saturated carbocycles. The maximum atomic E-state index is 9.36. The average molecular weight is 196 g/mol. The van der Waals surface area contributed by atoms with Crippen molar-refractivity contribution in [3.8, 4) is 0 Å². The van der Waals surface area contributed by atoms with Gasteiger partial charge in [0.05, 0.1) is 18.3 Å². The van der Waals surface area contributed by atoms with Crippen molar-refractivity contribution in [3.05, 3.63) is 12.2 Å². The molecule has 2 aliphatic carbocycles. The lowest BCUT2D eigenvalue weighted by molar-refractivity contribution is -0.0340. The molecule has 1 fully saturated rings. The highest BCUT2D eigenvalue weighted by atomic mass is 16.5. The van der Waals surface area contributed by atoms with E-state index in [-0.39, 0.29) is 6.10 Å². The molecule has 80 valence electrons. The summed E-state index contributed by atoms with van der Waals surface area (Å²) in [6, 6.07) is 0. The van der Waals surface area contributed by atoms with E-state index < -0.39 is 0 Å². The number of aliphatic hydroxyl groups excluding tert-OH is 1. The van der Waals surface area contributed by atoms with E-state index in [2.05, 4.69) is 12.2 Å². The summed E-state index contributed by atoms with van der Waals surface area (Å²) < 4.78 is 5.98. The summed E-state index contributed by atoms with van der Waals surface area (Å²) in [4.78, 5) is 0.